The van der Waals surface area contributed by atoms with Gasteiger partial charge in [0.05, 0.1) is 30.3 Å². The molecule has 1 aromatic carbocycles. The summed E-state index contributed by atoms with van der Waals surface area (Å²) in [6.07, 6.45) is 4.27. The molecule has 30 heavy (non-hydrogen) atoms. The molecule has 162 valence electrons. The molecular formula is C24H34N4O2. The van der Waals surface area contributed by atoms with Crippen molar-refractivity contribution in [1.82, 2.24) is 15.1 Å². The average Bonchev–Trinajstić information content (AvgIpc) is 2.82. The Bertz CT molecular complexity index is 786. The van der Waals surface area contributed by atoms with E-state index in [4.69, 9.17) is 10.00 Å². The Kier molecular flexibility index (Phi) is 6.72. The number of hydrogen-bond donors (Lipinski definition) is 1. The number of benzene rings is 1. The van der Waals surface area contributed by atoms with E-state index in [-0.39, 0.29) is 11.3 Å². The van der Waals surface area contributed by atoms with Gasteiger partial charge >= 0.3 is 0 Å². The zero-order valence-electron chi connectivity index (χ0n) is 18.1. The van der Waals surface area contributed by atoms with Crippen molar-refractivity contribution < 1.29 is 9.53 Å². The van der Waals surface area contributed by atoms with Gasteiger partial charge in [0.2, 0.25) is 5.91 Å². The van der Waals surface area contributed by atoms with Gasteiger partial charge in [-0.25, -0.2) is 0 Å². The van der Waals surface area contributed by atoms with E-state index in [0.717, 1.165) is 77.2 Å². The third-order valence-electron chi connectivity index (χ3n) is 7.53. The monoisotopic (exact) mass is 410 g/mol. The van der Waals surface area contributed by atoms with Gasteiger partial charge in [0.15, 0.2) is 0 Å². The number of carbonyl (C=O) groups is 1. The number of nitrogens with one attached hydrogen (secondary N) is 1. The van der Waals surface area contributed by atoms with Crippen molar-refractivity contribution in [2.24, 2.45) is 11.3 Å². The molecule has 3 fully saturated rings. The molecule has 1 aromatic rings. The third-order valence-corrected chi connectivity index (χ3v) is 7.53. The molecule has 3 aliphatic rings. The Hall–Kier alpha value is -1.94. The number of likely N-dealkylation sites (tertiary alicyclic amines) is 1. The fraction of sp³-hybridized carbons (Fsp3) is 0.667. The largest absolute Gasteiger partial charge is 0.379 e. The maximum Gasteiger partial charge on any atom is 0.228 e. The smallest absolute Gasteiger partial charge is 0.228 e. The molecule has 0 bridgehead atoms. The second-order valence-corrected chi connectivity index (χ2v) is 9.08. The van der Waals surface area contributed by atoms with E-state index >= 15 is 0 Å². The van der Waals surface area contributed by atoms with Gasteiger partial charge in [-0.3, -0.25) is 9.69 Å². The number of carbonyl (C=O) groups excluding carboxylic acids is 1. The van der Waals surface area contributed by atoms with Gasteiger partial charge in [-0.15, -0.1) is 0 Å². The minimum Gasteiger partial charge on any atom is -0.379 e. The third kappa shape index (κ3) is 4.39. The van der Waals surface area contributed by atoms with Gasteiger partial charge in [-0.2, -0.15) is 5.26 Å². The van der Waals surface area contributed by atoms with Gasteiger partial charge in [0.1, 0.15) is 0 Å². The number of hydrogen-bond acceptors (Lipinski definition) is 5. The lowest BCUT2D eigenvalue weighted by atomic mass is 9.61. The molecule has 1 aliphatic carbocycles. The van der Waals surface area contributed by atoms with Crippen LogP contribution in [0.4, 0.5) is 0 Å². The number of nitriles is 1. The molecule has 0 spiro atoms. The minimum atomic E-state index is -0.288. The highest BCUT2D eigenvalue weighted by Crippen LogP contribution is 2.47. The predicted molar refractivity (Wildman–Crippen MR) is 116 cm³/mol. The van der Waals surface area contributed by atoms with Gasteiger partial charge in [0, 0.05) is 32.2 Å². The lowest BCUT2D eigenvalue weighted by Crippen LogP contribution is -2.60. The fourth-order valence-electron chi connectivity index (χ4n) is 5.74. The number of nitrogens with zero attached hydrogens (tertiary/aromatic N) is 3. The highest BCUT2D eigenvalue weighted by molar-refractivity contribution is 5.83. The van der Waals surface area contributed by atoms with Crippen LogP contribution < -0.4 is 5.32 Å². The standard InChI is InChI=1S/C24H34N4O2/c1-2-27-9-7-21-15-22(28-10-12-30-13-11-28)6-8-24(21,18-27)23(29)26-17-20-5-3-4-19(14-20)16-25/h3-5,14,21-22H,2,6-13,15,17-18H2,1H3,(H,26,29)/t21-,22+,24-/m1/s1. The summed E-state index contributed by atoms with van der Waals surface area (Å²) < 4.78 is 5.54. The maximum atomic E-state index is 13.6. The van der Waals surface area contributed by atoms with Crippen LogP contribution >= 0.6 is 0 Å². The molecule has 6 nitrogen and oxygen atoms in total. The van der Waals surface area contributed by atoms with Gasteiger partial charge in [-0.05, 0) is 62.4 Å². The van der Waals surface area contributed by atoms with Crippen molar-refractivity contribution in [3.8, 4) is 6.07 Å². The highest BCUT2D eigenvalue weighted by Gasteiger charge is 2.52. The van der Waals surface area contributed by atoms with Crippen LogP contribution in [-0.2, 0) is 16.1 Å². The van der Waals surface area contributed by atoms with E-state index in [1.807, 2.05) is 18.2 Å². The molecule has 1 saturated carbocycles. The number of piperidine rings is 1. The summed E-state index contributed by atoms with van der Waals surface area (Å²) in [5.74, 6) is 0.640. The van der Waals surface area contributed by atoms with Crippen LogP contribution in [0.3, 0.4) is 0 Å². The summed E-state index contributed by atoms with van der Waals surface area (Å²) in [6.45, 7) is 9.35. The van der Waals surface area contributed by atoms with Crippen molar-refractivity contribution in [2.75, 3.05) is 45.9 Å². The average molecular weight is 411 g/mol. The summed E-state index contributed by atoms with van der Waals surface area (Å²) in [5.41, 5.74) is 1.34. The van der Waals surface area contributed by atoms with Crippen LogP contribution in [0.15, 0.2) is 24.3 Å². The van der Waals surface area contributed by atoms with Crippen molar-refractivity contribution in [1.29, 1.82) is 5.26 Å². The second-order valence-electron chi connectivity index (χ2n) is 9.08. The van der Waals surface area contributed by atoms with E-state index in [2.05, 4.69) is 28.1 Å². The van der Waals surface area contributed by atoms with Crippen molar-refractivity contribution >= 4 is 5.91 Å². The number of fused-ring (bicyclic) bond motifs is 1. The van der Waals surface area contributed by atoms with E-state index in [0.29, 0.717) is 24.1 Å². The molecule has 2 aliphatic heterocycles. The predicted octanol–water partition coefficient (Wildman–Crippen LogP) is 2.39. The molecule has 2 saturated heterocycles. The molecule has 4 rings (SSSR count). The lowest BCUT2D eigenvalue weighted by Gasteiger charge is -2.53. The topological polar surface area (TPSA) is 68.6 Å². The maximum absolute atomic E-state index is 13.6. The van der Waals surface area contributed by atoms with Gasteiger partial charge in [-0.1, -0.05) is 19.1 Å². The number of ether oxygens (including phenoxy) is 1. The first kappa shape index (κ1) is 21.3. The first-order valence-corrected chi connectivity index (χ1v) is 11.5. The first-order chi connectivity index (χ1) is 14.6. The molecule has 1 N–H and O–H groups in total. The van der Waals surface area contributed by atoms with E-state index in [9.17, 15) is 4.79 Å². The van der Waals surface area contributed by atoms with E-state index in [1.54, 1.807) is 6.07 Å². The molecule has 2 heterocycles. The van der Waals surface area contributed by atoms with Crippen LogP contribution in [0.25, 0.3) is 0 Å². The molecular weight excluding hydrogens is 376 g/mol. The Labute approximate surface area is 180 Å². The van der Waals surface area contributed by atoms with Crippen molar-refractivity contribution in [3.05, 3.63) is 35.4 Å². The summed E-state index contributed by atoms with van der Waals surface area (Å²) in [6, 6.07) is 10.3. The Morgan fingerprint density at radius 3 is 2.90 bits per heavy atom. The van der Waals surface area contributed by atoms with Gasteiger partial charge < -0.3 is 15.0 Å². The number of rotatable bonds is 5. The van der Waals surface area contributed by atoms with Crippen LogP contribution in [0.2, 0.25) is 0 Å². The van der Waals surface area contributed by atoms with E-state index in [1.165, 1.54) is 0 Å². The molecule has 0 radical (unpaired) electrons. The molecule has 0 unspecified atom stereocenters. The normalized spacial score (nSPS) is 30.3. The summed E-state index contributed by atoms with van der Waals surface area (Å²) in [4.78, 5) is 18.6. The van der Waals surface area contributed by atoms with Crippen LogP contribution in [0, 0.1) is 22.7 Å². The molecule has 0 aromatic heterocycles. The van der Waals surface area contributed by atoms with Crippen LogP contribution in [-0.4, -0.2) is 67.7 Å². The Morgan fingerprint density at radius 2 is 2.13 bits per heavy atom. The zero-order valence-corrected chi connectivity index (χ0v) is 18.1. The summed E-state index contributed by atoms with van der Waals surface area (Å²) in [7, 11) is 0. The van der Waals surface area contributed by atoms with Crippen LogP contribution in [0.1, 0.15) is 43.7 Å². The van der Waals surface area contributed by atoms with E-state index < -0.39 is 0 Å². The van der Waals surface area contributed by atoms with Crippen molar-refractivity contribution in [2.45, 2.75) is 45.2 Å². The van der Waals surface area contributed by atoms with Crippen LogP contribution in [0.5, 0.6) is 0 Å². The quantitative estimate of drug-likeness (QED) is 0.807. The lowest BCUT2D eigenvalue weighted by molar-refractivity contribution is -0.145. The zero-order chi connectivity index (χ0) is 21.0. The minimum absolute atomic E-state index is 0.202. The first-order valence-electron chi connectivity index (χ1n) is 11.5. The molecule has 6 heteroatoms. The molecule has 1 amide bonds. The number of amides is 1. The summed E-state index contributed by atoms with van der Waals surface area (Å²) >= 11 is 0. The summed E-state index contributed by atoms with van der Waals surface area (Å²) in [5, 5.41) is 12.4. The number of morpholine rings is 1. The fourth-order valence-corrected chi connectivity index (χ4v) is 5.74. The second kappa shape index (κ2) is 9.47. The Morgan fingerprint density at radius 1 is 1.30 bits per heavy atom. The SMILES string of the molecule is CCN1CC[C@@H]2C[C@@H](N3CCOCC3)CC[C@@]2(C(=O)NCc2cccc(C#N)c2)C1. The Balaban J connectivity index is 1.47. The molecule has 3 atom stereocenters. The highest BCUT2D eigenvalue weighted by atomic mass is 16.5. The van der Waals surface area contributed by atoms with Gasteiger partial charge in [0.25, 0.3) is 0 Å². The van der Waals surface area contributed by atoms with Crippen molar-refractivity contribution in [3.63, 3.8) is 0 Å².